The van der Waals surface area contributed by atoms with Crippen molar-refractivity contribution in [3.63, 3.8) is 0 Å². The van der Waals surface area contributed by atoms with E-state index in [1.807, 2.05) is 0 Å². The highest BCUT2D eigenvalue weighted by molar-refractivity contribution is 5.63. The van der Waals surface area contributed by atoms with Gasteiger partial charge in [0, 0.05) is 6.04 Å². The molecule has 0 heterocycles. The van der Waals surface area contributed by atoms with Crippen molar-refractivity contribution in [3.05, 3.63) is 12.7 Å². The maximum absolute atomic E-state index is 9.06. The number of unbranched alkanes of at least 4 members (excludes halogenated alkanes) is 2. The fraction of sp³-hybridized carbons (Fsp3) is 0.885. The zero-order valence-corrected chi connectivity index (χ0v) is 18.6. The summed E-state index contributed by atoms with van der Waals surface area (Å²) in [5.74, 6) is 5.34. The van der Waals surface area contributed by atoms with Gasteiger partial charge in [-0.3, -0.25) is 4.79 Å². The predicted octanol–water partition coefficient (Wildman–Crippen LogP) is 7.07. The maximum Gasteiger partial charge on any atom is 0.142 e. The minimum Gasteiger partial charge on any atom is -0.328 e. The largest absolute Gasteiger partial charge is 0.328 e. The molecule has 162 valence electrons. The van der Waals surface area contributed by atoms with E-state index in [1.165, 1.54) is 57.4 Å². The van der Waals surface area contributed by atoms with Crippen molar-refractivity contribution in [1.29, 1.82) is 0 Å². The van der Waals surface area contributed by atoms with Crippen LogP contribution in [0.1, 0.15) is 110 Å². The van der Waals surface area contributed by atoms with E-state index in [-0.39, 0.29) is 0 Å². The van der Waals surface area contributed by atoms with Crippen LogP contribution in [0.4, 0.5) is 0 Å². The number of carbonyl (C=O) groups excluding carboxylic acids is 1. The molecule has 3 rings (SSSR count). The van der Waals surface area contributed by atoms with Crippen LogP contribution in [0.5, 0.6) is 0 Å². The maximum atomic E-state index is 9.06. The van der Waals surface area contributed by atoms with E-state index in [0.29, 0.717) is 12.3 Å². The van der Waals surface area contributed by atoms with E-state index in [4.69, 9.17) is 10.5 Å². The lowest BCUT2D eigenvalue weighted by molar-refractivity contribution is -0.104. The van der Waals surface area contributed by atoms with Crippen LogP contribution >= 0.6 is 0 Å². The van der Waals surface area contributed by atoms with Crippen molar-refractivity contribution < 1.29 is 4.79 Å². The number of allylic oxidation sites excluding steroid dienone is 1. The van der Waals surface area contributed by atoms with Crippen LogP contribution in [-0.2, 0) is 4.79 Å². The first-order valence-electron chi connectivity index (χ1n) is 12.5. The van der Waals surface area contributed by atoms with E-state index in [0.717, 1.165) is 29.6 Å². The molecular formula is C26H47NO. The van der Waals surface area contributed by atoms with Gasteiger partial charge in [-0.15, -0.1) is 0 Å². The number of hydrogen-bond donors (Lipinski definition) is 1. The van der Waals surface area contributed by atoms with Crippen molar-refractivity contribution in [2.24, 2.45) is 35.3 Å². The van der Waals surface area contributed by atoms with Gasteiger partial charge in [-0.05, 0) is 99.9 Å². The zero-order chi connectivity index (χ0) is 20.2. The van der Waals surface area contributed by atoms with E-state index in [9.17, 15) is 0 Å². The standard InChI is InChI=1S/C23H43N.C3H4O/c1-2-3-4-5-18-6-8-19(9-7-18)20-10-12-21(13-11-20)22-14-16-23(24)17-15-22;1-2-3-4/h18-23H,2-17,24H2,1H3;2-3H,1H2. The molecule has 0 aromatic rings. The molecule has 2 heteroatoms. The molecule has 0 aromatic carbocycles. The topological polar surface area (TPSA) is 43.1 Å². The van der Waals surface area contributed by atoms with Gasteiger partial charge < -0.3 is 5.73 Å². The molecule has 2 N–H and O–H groups in total. The molecule has 0 atom stereocenters. The molecule has 0 spiro atoms. The summed E-state index contributed by atoms with van der Waals surface area (Å²) >= 11 is 0. The molecule has 3 fully saturated rings. The Balaban J connectivity index is 0.000000640. The smallest absolute Gasteiger partial charge is 0.142 e. The van der Waals surface area contributed by atoms with Crippen molar-refractivity contribution in [1.82, 2.24) is 0 Å². The number of hydrogen-bond acceptors (Lipinski definition) is 2. The zero-order valence-electron chi connectivity index (χ0n) is 18.6. The third kappa shape index (κ3) is 8.01. The second-order valence-electron chi connectivity index (χ2n) is 10.00. The number of carbonyl (C=O) groups is 1. The van der Waals surface area contributed by atoms with Crippen molar-refractivity contribution in [2.75, 3.05) is 0 Å². The third-order valence-electron chi connectivity index (χ3n) is 8.17. The molecule has 3 saturated carbocycles. The minimum atomic E-state index is 0.519. The molecule has 0 aromatic heterocycles. The number of rotatable bonds is 7. The van der Waals surface area contributed by atoms with Gasteiger partial charge in [0.25, 0.3) is 0 Å². The molecule has 28 heavy (non-hydrogen) atoms. The average Bonchev–Trinajstić information content (AvgIpc) is 2.75. The monoisotopic (exact) mass is 389 g/mol. The molecule has 0 radical (unpaired) electrons. The minimum absolute atomic E-state index is 0.519. The highest BCUT2D eigenvalue weighted by atomic mass is 16.1. The fourth-order valence-corrected chi connectivity index (χ4v) is 6.34. The first-order chi connectivity index (χ1) is 13.7. The van der Waals surface area contributed by atoms with Crippen LogP contribution in [0, 0.1) is 29.6 Å². The van der Waals surface area contributed by atoms with Gasteiger partial charge in [-0.25, -0.2) is 0 Å². The summed E-state index contributed by atoms with van der Waals surface area (Å²) in [6, 6.07) is 0.519. The highest BCUT2D eigenvalue weighted by Gasteiger charge is 2.34. The lowest BCUT2D eigenvalue weighted by atomic mass is 9.65. The molecule has 0 unspecified atom stereocenters. The lowest BCUT2D eigenvalue weighted by Crippen LogP contribution is -2.32. The van der Waals surface area contributed by atoms with Gasteiger partial charge >= 0.3 is 0 Å². The molecule has 3 aliphatic carbocycles. The summed E-state index contributed by atoms with van der Waals surface area (Å²) in [7, 11) is 0. The van der Waals surface area contributed by atoms with Gasteiger partial charge in [-0.1, -0.05) is 52.0 Å². The molecule has 0 amide bonds. The summed E-state index contributed by atoms with van der Waals surface area (Å²) in [6.45, 7) is 5.44. The van der Waals surface area contributed by atoms with Gasteiger partial charge in [0.15, 0.2) is 0 Å². The van der Waals surface area contributed by atoms with Crippen LogP contribution in [0.25, 0.3) is 0 Å². The van der Waals surface area contributed by atoms with Crippen molar-refractivity contribution in [2.45, 2.75) is 116 Å². The van der Waals surface area contributed by atoms with E-state index in [2.05, 4.69) is 13.5 Å². The summed E-state index contributed by atoms with van der Waals surface area (Å²) in [6.07, 6.45) is 25.6. The Hall–Kier alpha value is -0.630. The van der Waals surface area contributed by atoms with Crippen LogP contribution in [0.15, 0.2) is 12.7 Å². The third-order valence-corrected chi connectivity index (χ3v) is 8.17. The molecule has 0 saturated heterocycles. The predicted molar refractivity (Wildman–Crippen MR) is 121 cm³/mol. The molecule has 0 bridgehead atoms. The first-order valence-corrected chi connectivity index (χ1v) is 12.5. The van der Waals surface area contributed by atoms with Gasteiger partial charge in [0.2, 0.25) is 0 Å². The Kier molecular flexibility index (Phi) is 11.5. The Morgan fingerprint density at radius 1 is 0.750 bits per heavy atom. The Labute approximate surface area is 175 Å². The van der Waals surface area contributed by atoms with Crippen LogP contribution < -0.4 is 5.73 Å². The first kappa shape index (κ1) is 23.6. The molecule has 0 aliphatic heterocycles. The normalized spacial score (nSPS) is 36.1. The Morgan fingerprint density at radius 3 is 1.54 bits per heavy atom. The van der Waals surface area contributed by atoms with Gasteiger partial charge in [-0.2, -0.15) is 0 Å². The summed E-state index contributed by atoms with van der Waals surface area (Å²) in [5.41, 5.74) is 6.10. The van der Waals surface area contributed by atoms with Crippen LogP contribution in [-0.4, -0.2) is 12.3 Å². The van der Waals surface area contributed by atoms with Gasteiger partial charge in [0.1, 0.15) is 6.29 Å². The van der Waals surface area contributed by atoms with E-state index >= 15 is 0 Å². The summed E-state index contributed by atoms with van der Waals surface area (Å²) in [4.78, 5) is 9.06. The molecule has 3 aliphatic rings. The highest BCUT2D eigenvalue weighted by Crippen LogP contribution is 2.45. The van der Waals surface area contributed by atoms with Crippen molar-refractivity contribution >= 4 is 6.29 Å². The SMILES string of the molecule is C=CC=O.CCCCCC1CCC(C2CCC(C3CCC(N)CC3)CC2)CC1. The second-order valence-corrected chi connectivity index (χ2v) is 10.00. The molecule has 2 nitrogen and oxygen atoms in total. The van der Waals surface area contributed by atoms with E-state index in [1.54, 1.807) is 51.4 Å². The van der Waals surface area contributed by atoms with Gasteiger partial charge in [0.05, 0.1) is 0 Å². The number of aldehydes is 1. The second kappa shape index (κ2) is 13.6. The number of nitrogens with two attached hydrogens (primary N) is 1. The van der Waals surface area contributed by atoms with Crippen LogP contribution in [0.2, 0.25) is 0 Å². The Morgan fingerprint density at radius 2 is 1.14 bits per heavy atom. The van der Waals surface area contributed by atoms with Crippen LogP contribution in [0.3, 0.4) is 0 Å². The lowest BCUT2D eigenvalue weighted by Gasteiger charge is -2.41. The van der Waals surface area contributed by atoms with E-state index < -0.39 is 0 Å². The fourth-order valence-electron chi connectivity index (χ4n) is 6.34. The molecular weight excluding hydrogens is 342 g/mol. The average molecular weight is 390 g/mol. The quantitative estimate of drug-likeness (QED) is 0.287. The summed E-state index contributed by atoms with van der Waals surface area (Å²) in [5, 5.41) is 0. The van der Waals surface area contributed by atoms with Crippen molar-refractivity contribution in [3.8, 4) is 0 Å². The summed E-state index contributed by atoms with van der Waals surface area (Å²) < 4.78 is 0. The Bertz CT molecular complexity index is 404.